The first-order valence-electron chi connectivity index (χ1n) is 7.40. The molecule has 1 aromatic rings. The maximum atomic E-state index is 11.6. The molecule has 130 valence electrons. The molecule has 1 aliphatic rings. The lowest BCUT2D eigenvalue weighted by atomic mass is 9.98. The van der Waals surface area contributed by atoms with Gasteiger partial charge >= 0.3 is 5.97 Å². The Morgan fingerprint density at radius 2 is 1.92 bits per heavy atom. The summed E-state index contributed by atoms with van der Waals surface area (Å²) in [5.74, 6) is -1.02. The van der Waals surface area contributed by atoms with E-state index in [1.54, 1.807) is 42.5 Å². The predicted molar refractivity (Wildman–Crippen MR) is 95.1 cm³/mol. The van der Waals surface area contributed by atoms with Crippen LogP contribution in [0, 0.1) is 0 Å². The second-order valence-electron chi connectivity index (χ2n) is 5.14. The summed E-state index contributed by atoms with van der Waals surface area (Å²) in [7, 11) is 1.23. The van der Waals surface area contributed by atoms with E-state index in [2.05, 4.69) is 9.73 Å². The molecule has 0 bridgehead atoms. The van der Waals surface area contributed by atoms with Crippen LogP contribution in [0.3, 0.4) is 0 Å². The van der Waals surface area contributed by atoms with Gasteiger partial charge in [0.15, 0.2) is 0 Å². The molecule has 0 spiro atoms. The van der Waals surface area contributed by atoms with Crippen LogP contribution in [0.2, 0.25) is 0 Å². The minimum Gasteiger partial charge on any atom is -0.468 e. The molecule has 0 atom stereocenters. The van der Waals surface area contributed by atoms with Crippen LogP contribution in [0.5, 0.6) is 0 Å². The van der Waals surface area contributed by atoms with Gasteiger partial charge in [-0.2, -0.15) is 0 Å². The van der Waals surface area contributed by atoms with E-state index in [-0.39, 0.29) is 5.70 Å². The number of methoxy groups -OCH3 is 1. The maximum Gasteiger partial charge on any atom is 0.327 e. The molecule has 1 aromatic carbocycles. The van der Waals surface area contributed by atoms with Gasteiger partial charge in [-0.15, -0.1) is 0 Å². The van der Waals surface area contributed by atoms with Gasteiger partial charge < -0.3 is 4.74 Å². The Bertz CT molecular complexity index is 795. The lowest BCUT2D eigenvalue weighted by Gasteiger charge is -2.23. The molecule has 6 nitrogen and oxygen atoms in total. The Labute approximate surface area is 150 Å². The van der Waals surface area contributed by atoms with E-state index in [4.69, 9.17) is 11.6 Å². The second-order valence-corrected chi connectivity index (χ2v) is 5.58. The van der Waals surface area contributed by atoms with E-state index in [1.165, 1.54) is 14.0 Å². The summed E-state index contributed by atoms with van der Waals surface area (Å²) in [6.45, 7) is 0.929. The number of hydrogen-bond acceptors (Lipinski definition) is 5. The van der Waals surface area contributed by atoms with E-state index in [1.807, 2.05) is 6.07 Å². The van der Waals surface area contributed by atoms with Gasteiger partial charge in [0.2, 0.25) is 5.91 Å². The molecule has 0 radical (unpaired) electrons. The van der Waals surface area contributed by atoms with E-state index < -0.39 is 18.4 Å². The Morgan fingerprint density at radius 1 is 1.24 bits per heavy atom. The lowest BCUT2D eigenvalue weighted by molar-refractivity contribution is -0.148. The van der Waals surface area contributed by atoms with Gasteiger partial charge in [0, 0.05) is 23.1 Å². The Balaban J connectivity index is 2.66. The summed E-state index contributed by atoms with van der Waals surface area (Å²) >= 11 is 6.09. The van der Waals surface area contributed by atoms with Crippen molar-refractivity contribution < 1.29 is 19.5 Å². The monoisotopic (exact) mass is 360 g/mol. The lowest BCUT2D eigenvalue weighted by Crippen LogP contribution is -2.28. The van der Waals surface area contributed by atoms with Gasteiger partial charge in [0.05, 0.1) is 18.5 Å². The molecule has 1 amide bonds. The molecule has 2 rings (SSSR count). The van der Waals surface area contributed by atoms with Crippen LogP contribution in [-0.2, 0) is 14.3 Å². The van der Waals surface area contributed by atoms with Gasteiger partial charge in [0.1, 0.15) is 6.54 Å². The van der Waals surface area contributed by atoms with E-state index >= 15 is 0 Å². The van der Waals surface area contributed by atoms with Gasteiger partial charge in [-0.25, -0.2) is 10.1 Å². The summed E-state index contributed by atoms with van der Waals surface area (Å²) < 4.78 is 4.60. The fourth-order valence-electron chi connectivity index (χ4n) is 2.27. The molecule has 0 saturated heterocycles. The highest BCUT2D eigenvalue weighted by atomic mass is 35.5. The van der Waals surface area contributed by atoms with Gasteiger partial charge in [-0.05, 0) is 18.2 Å². The normalized spacial score (nSPS) is 17.1. The average molecular weight is 361 g/mol. The van der Waals surface area contributed by atoms with Crippen LogP contribution in [0.15, 0.2) is 64.2 Å². The van der Waals surface area contributed by atoms with Crippen molar-refractivity contribution in [2.45, 2.75) is 6.92 Å². The molecule has 1 N–H and O–H groups in total. The maximum absolute atomic E-state index is 11.6. The van der Waals surface area contributed by atoms with Crippen molar-refractivity contribution in [2.24, 2.45) is 4.99 Å². The molecule has 7 heteroatoms. The Kier molecular flexibility index (Phi) is 6.27. The van der Waals surface area contributed by atoms with Crippen LogP contribution >= 0.6 is 11.6 Å². The predicted octanol–water partition coefficient (Wildman–Crippen LogP) is 2.94. The first-order chi connectivity index (χ1) is 11.9. The van der Waals surface area contributed by atoms with Crippen molar-refractivity contribution in [3.8, 4) is 0 Å². The number of amides is 1. The van der Waals surface area contributed by atoms with Crippen molar-refractivity contribution in [2.75, 3.05) is 13.7 Å². The van der Waals surface area contributed by atoms with Crippen LogP contribution in [0.1, 0.15) is 12.5 Å². The number of hydroxylamine groups is 2. The largest absolute Gasteiger partial charge is 0.468 e. The Hall–Kier alpha value is -2.70. The number of esters is 1. The quantitative estimate of drug-likeness (QED) is 0.659. The van der Waals surface area contributed by atoms with Crippen LogP contribution in [0.25, 0.3) is 5.70 Å². The van der Waals surface area contributed by atoms with E-state index in [9.17, 15) is 14.8 Å². The van der Waals surface area contributed by atoms with Crippen molar-refractivity contribution in [1.82, 2.24) is 5.06 Å². The van der Waals surface area contributed by atoms with Gasteiger partial charge in [-0.3, -0.25) is 14.8 Å². The highest BCUT2D eigenvalue weighted by molar-refractivity contribution is 6.34. The van der Waals surface area contributed by atoms with Crippen molar-refractivity contribution in [1.29, 1.82) is 0 Å². The third-order valence-corrected chi connectivity index (χ3v) is 3.54. The number of allylic oxidation sites excluding steroid dienone is 5. The summed E-state index contributed by atoms with van der Waals surface area (Å²) in [6, 6.07) is 8.91. The number of ether oxygens (including phenoxy) is 1. The minimum absolute atomic E-state index is 0.286. The van der Waals surface area contributed by atoms with E-state index in [0.29, 0.717) is 21.9 Å². The van der Waals surface area contributed by atoms with Crippen molar-refractivity contribution >= 4 is 34.9 Å². The second kappa shape index (κ2) is 8.41. The standard InChI is InChI=1S/C18H17ClN2O4/c1-12(22)20-16-9-8-14(19)10-15(16)18(13-6-4-3-5-7-13)21(24)11-17(23)25-2/h3-10,24H,11H2,1-2H3. The highest BCUT2D eigenvalue weighted by Gasteiger charge is 2.22. The van der Waals surface area contributed by atoms with Crippen LogP contribution in [0.4, 0.5) is 0 Å². The average Bonchev–Trinajstić information content (AvgIpc) is 2.58. The zero-order chi connectivity index (χ0) is 18.4. The molecule has 1 aliphatic carbocycles. The Morgan fingerprint density at radius 3 is 2.52 bits per heavy atom. The molecule has 0 aliphatic heterocycles. The van der Waals surface area contributed by atoms with Crippen molar-refractivity contribution in [3.05, 3.63) is 64.7 Å². The smallest absolute Gasteiger partial charge is 0.327 e. The van der Waals surface area contributed by atoms with Gasteiger partial charge in [-0.1, -0.05) is 41.9 Å². The minimum atomic E-state index is -0.622. The first kappa shape index (κ1) is 18.6. The number of halogens is 1. The zero-order valence-corrected chi connectivity index (χ0v) is 14.5. The molecule has 0 heterocycles. The molecular weight excluding hydrogens is 344 g/mol. The summed E-state index contributed by atoms with van der Waals surface area (Å²) in [4.78, 5) is 27.0. The van der Waals surface area contributed by atoms with Crippen LogP contribution < -0.4 is 0 Å². The summed E-state index contributed by atoms with van der Waals surface area (Å²) in [5.41, 5.74) is 1.66. The van der Waals surface area contributed by atoms with Crippen LogP contribution in [-0.4, -0.2) is 41.5 Å². The molecule has 25 heavy (non-hydrogen) atoms. The molecular formula is C18H17ClN2O4. The number of nitrogens with zero attached hydrogens (tertiary/aromatic N) is 2. The highest BCUT2D eigenvalue weighted by Crippen LogP contribution is 2.28. The fraction of sp³-hybridized carbons (Fsp3) is 0.167. The summed E-state index contributed by atoms with van der Waals surface area (Å²) in [5, 5.41) is 11.6. The number of carbonyl (C=O) groups is 2. The number of rotatable bonds is 4. The SMILES string of the molecule is COC(=O)CN(O)C(=C1C=C(Cl)C=CC1=NC(C)=O)c1ccccc1. The van der Waals surface area contributed by atoms with E-state index in [0.717, 1.165) is 5.06 Å². The number of benzene rings is 1. The number of aliphatic imine (C=N–C) groups is 1. The number of carbonyl (C=O) groups excluding carboxylic acids is 2. The fourth-order valence-corrected chi connectivity index (χ4v) is 2.44. The molecule has 0 unspecified atom stereocenters. The van der Waals surface area contributed by atoms with Gasteiger partial charge in [0.25, 0.3) is 0 Å². The molecule has 0 aromatic heterocycles. The molecule has 0 fully saturated rings. The topological polar surface area (TPSA) is 79.2 Å². The summed E-state index contributed by atoms with van der Waals surface area (Å²) in [6.07, 6.45) is 4.75. The first-order valence-corrected chi connectivity index (χ1v) is 7.78. The number of hydrogen-bond donors (Lipinski definition) is 1. The molecule has 0 saturated carbocycles. The third kappa shape index (κ3) is 4.89. The zero-order valence-electron chi connectivity index (χ0n) is 13.8. The van der Waals surface area contributed by atoms with Crippen molar-refractivity contribution in [3.63, 3.8) is 0 Å². The third-order valence-electron chi connectivity index (χ3n) is 3.30.